The highest BCUT2D eigenvalue weighted by atomic mass is 16.2. The first kappa shape index (κ1) is 14.5. The Morgan fingerprint density at radius 1 is 1.36 bits per heavy atom. The molecule has 116 valence electrons. The van der Waals surface area contributed by atoms with Crippen LogP contribution in [0.4, 0.5) is 11.9 Å². The standard InChI is InChI=1S/C15H20N6O/c1-10-8-11(2)19-15(18-10)21-7-3-4-12(9-21)13(22)20-14-16-5-6-17-14/h5-6,8,12H,3-4,7,9H2,1-2H3,(H2,16,17,20,22)/t12-/m0/s1. The number of anilines is 2. The number of aryl methyl sites for hydroxylation is 2. The SMILES string of the molecule is Cc1cc(C)nc(N2CCC[C@H](C(=O)Nc3ncc[nH]3)C2)n1. The molecule has 7 nitrogen and oxygen atoms in total. The quantitative estimate of drug-likeness (QED) is 0.900. The number of nitrogens with zero attached hydrogens (tertiary/aromatic N) is 4. The van der Waals surface area contributed by atoms with Gasteiger partial charge in [-0.2, -0.15) is 0 Å². The lowest BCUT2D eigenvalue weighted by atomic mass is 9.97. The third-order valence-electron chi connectivity index (χ3n) is 3.79. The van der Waals surface area contributed by atoms with Crippen LogP contribution in [0.1, 0.15) is 24.2 Å². The minimum atomic E-state index is -0.0803. The zero-order valence-electron chi connectivity index (χ0n) is 12.8. The minimum Gasteiger partial charge on any atom is -0.340 e. The molecule has 2 N–H and O–H groups in total. The fourth-order valence-corrected chi connectivity index (χ4v) is 2.77. The summed E-state index contributed by atoms with van der Waals surface area (Å²) in [4.78, 5) is 30.3. The fraction of sp³-hybridized carbons (Fsp3) is 0.467. The number of rotatable bonds is 3. The van der Waals surface area contributed by atoms with E-state index in [4.69, 9.17) is 0 Å². The topological polar surface area (TPSA) is 86.8 Å². The molecule has 1 amide bonds. The van der Waals surface area contributed by atoms with E-state index in [1.54, 1.807) is 12.4 Å². The van der Waals surface area contributed by atoms with Crippen molar-refractivity contribution in [1.29, 1.82) is 0 Å². The van der Waals surface area contributed by atoms with E-state index in [1.807, 2.05) is 19.9 Å². The maximum atomic E-state index is 12.3. The number of piperidine rings is 1. The highest BCUT2D eigenvalue weighted by Gasteiger charge is 2.27. The zero-order valence-corrected chi connectivity index (χ0v) is 12.8. The van der Waals surface area contributed by atoms with Gasteiger partial charge in [0.05, 0.1) is 5.92 Å². The molecule has 0 saturated carbocycles. The number of nitrogens with one attached hydrogen (secondary N) is 2. The maximum Gasteiger partial charge on any atom is 0.231 e. The van der Waals surface area contributed by atoms with Gasteiger partial charge in [0.15, 0.2) is 0 Å². The molecular formula is C15H20N6O. The van der Waals surface area contributed by atoms with Crippen LogP contribution in [0, 0.1) is 19.8 Å². The first-order valence-corrected chi connectivity index (χ1v) is 7.49. The average Bonchev–Trinajstić information content (AvgIpc) is 2.99. The summed E-state index contributed by atoms with van der Waals surface area (Å²) >= 11 is 0. The number of amides is 1. The van der Waals surface area contributed by atoms with Crippen LogP contribution in [0.5, 0.6) is 0 Å². The van der Waals surface area contributed by atoms with Gasteiger partial charge in [-0.15, -0.1) is 0 Å². The van der Waals surface area contributed by atoms with E-state index in [-0.39, 0.29) is 11.8 Å². The molecule has 0 aliphatic carbocycles. The summed E-state index contributed by atoms with van der Waals surface area (Å²) in [6.45, 7) is 5.44. The van der Waals surface area contributed by atoms with Gasteiger partial charge in [-0.3, -0.25) is 10.1 Å². The molecule has 3 rings (SSSR count). The minimum absolute atomic E-state index is 0.0102. The largest absolute Gasteiger partial charge is 0.340 e. The van der Waals surface area contributed by atoms with Crippen molar-refractivity contribution in [3.8, 4) is 0 Å². The Morgan fingerprint density at radius 2 is 2.14 bits per heavy atom. The van der Waals surface area contributed by atoms with Crippen molar-refractivity contribution in [1.82, 2.24) is 19.9 Å². The van der Waals surface area contributed by atoms with Crippen molar-refractivity contribution in [3.05, 3.63) is 29.8 Å². The van der Waals surface area contributed by atoms with E-state index >= 15 is 0 Å². The predicted molar refractivity (Wildman–Crippen MR) is 83.7 cm³/mol. The molecule has 0 spiro atoms. The number of imidazole rings is 1. The number of aromatic nitrogens is 4. The number of hydrogen-bond donors (Lipinski definition) is 2. The monoisotopic (exact) mass is 300 g/mol. The second-order valence-corrected chi connectivity index (χ2v) is 5.66. The summed E-state index contributed by atoms with van der Waals surface area (Å²) in [6, 6.07) is 1.95. The molecule has 0 aromatic carbocycles. The van der Waals surface area contributed by atoms with Gasteiger partial charge in [-0.05, 0) is 32.8 Å². The first-order valence-electron chi connectivity index (χ1n) is 7.49. The molecule has 1 saturated heterocycles. The van der Waals surface area contributed by atoms with Crippen LogP contribution < -0.4 is 10.2 Å². The van der Waals surface area contributed by atoms with Crippen LogP contribution in [-0.2, 0) is 4.79 Å². The third kappa shape index (κ3) is 3.24. The summed E-state index contributed by atoms with van der Waals surface area (Å²) in [5, 5.41) is 2.81. The van der Waals surface area contributed by atoms with Crippen LogP contribution >= 0.6 is 0 Å². The Bertz CT molecular complexity index is 634. The molecule has 3 heterocycles. The normalized spacial score (nSPS) is 18.3. The lowest BCUT2D eigenvalue weighted by molar-refractivity contribution is -0.120. The summed E-state index contributed by atoms with van der Waals surface area (Å²) in [5.74, 6) is 1.12. The first-order chi connectivity index (χ1) is 10.6. The molecule has 1 atom stereocenters. The van der Waals surface area contributed by atoms with Crippen molar-refractivity contribution >= 4 is 17.8 Å². The van der Waals surface area contributed by atoms with Crippen LogP contribution in [0.3, 0.4) is 0 Å². The molecule has 0 bridgehead atoms. The second kappa shape index (κ2) is 6.13. The van der Waals surface area contributed by atoms with Crippen LogP contribution in [0.2, 0.25) is 0 Å². The van der Waals surface area contributed by atoms with Gasteiger partial charge in [0, 0.05) is 36.9 Å². The Balaban J connectivity index is 1.69. The van der Waals surface area contributed by atoms with Crippen molar-refractivity contribution < 1.29 is 4.79 Å². The molecule has 2 aromatic heterocycles. The average molecular weight is 300 g/mol. The Hall–Kier alpha value is -2.44. The van der Waals surface area contributed by atoms with Crippen molar-refractivity contribution in [2.45, 2.75) is 26.7 Å². The molecule has 1 aliphatic rings. The number of carbonyl (C=O) groups excluding carboxylic acids is 1. The lowest BCUT2D eigenvalue weighted by Gasteiger charge is -2.32. The highest BCUT2D eigenvalue weighted by molar-refractivity contribution is 5.91. The molecule has 22 heavy (non-hydrogen) atoms. The molecule has 7 heteroatoms. The summed E-state index contributed by atoms with van der Waals surface area (Å²) < 4.78 is 0. The predicted octanol–water partition coefficient (Wildman–Crippen LogP) is 1.67. The number of carbonyl (C=O) groups is 1. The Morgan fingerprint density at radius 3 is 2.82 bits per heavy atom. The molecule has 1 aliphatic heterocycles. The van der Waals surface area contributed by atoms with Crippen LogP contribution in [0.25, 0.3) is 0 Å². The van der Waals surface area contributed by atoms with Gasteiger partial charge in [-0.25, -0.2) is 15.0 Å². The van der Waals surface area contributed by atoms with Gasteiger partial charge in [0.2, 0.25) is 17.8 Å². The van der Waals surface area contributed by atoms with Gasteiger partial charge in [0.1, 0.15) is 0 Å². The summed E-state index contributed by atoms with van der Waals surface area (Å²) in [7, 11) is 0. The van der Waals surface area contributed by atoms with Crippen LogP contribution in [0.15, 0.2) is 18.5 Å². The molecular weight excluding hydrogens is 280 g/mol. The number of hydrogen-bond acceptors (Lipinski definition) is 5. The van der Waals surface area contributed by atoms with Crippen molar-refractivity contribution in [2.24, 2.45) is 5.92 Å². The highest BCUT2D eigenvalue weighted by Crippen LogP contribution is 2.22. The van der Waals surface area contributed by atoms with Gasteiger partial charge in [-0.1, -0.05) is 0 Å². The van der Waals surface area contributed by atoms with Gasteiger partial charge in [0.25, 0.3) is 0 Å². The molecule has 0 unspecified atom stereocenters. The number of H-pyrrole nitrogens is 1. The smallest absolute Gasteiger partial charge is 0.231 e. The van der Waals surface area contributed by atoms with Crippen LogP contribution in [-0.4, -0.2) is 38.9 Å². The lowest BCUT2D eigenvalue weighted by Crippen LogP contribution is -2.41. The van der Waals surface area contributed by atoms with E-state index in [1.165, 1.54) is 0 Å². The van der Waals surface area contributed by atoms with Gasteiger partial charge < -0.3 is 9.88 Å². The zero-order chi connectivity index (χ0) is 15.5. The van der Waals surface area contributed by atoms with E-state index in [0.29, 0.717) is 18.4 Å². The Labute approximate surface area is 129 Å². The molecule has 2 aromatic rings. The van der Waals surface area contributed by atoms with E-state index in [2.05, 4.69) is 30.2 Å². The fourth-order valence-electron chi connectivity index (χ4n) is 2.77. The second-order valence-electron chi connectivity index (χ2n) is 5.66. The Kier molecular flexibility index (Phi) is 4.04. The van der Waals surface area contributed by atoms with E-state index in [9.17, 15) is 4.79 Å². The van der Waals surface area contributed by atoms with Crippen molar-refractivity contribution in [3.63, 3.8) is 0 Å². The summed E-state index contributed by atoms with van der Waals surface area (Å²) in [5.41, 5.74) is 1.90. The molecule has 1 fully saturated rings. The third-order valence-corrected chi connectivity index (χ3v) is 3.79. The van der Waals surface area contributed by atoms with Gasteiger partial charge >= 0.3 is 0 Å². The summed E-state index contributed by atoms with van der Waals surface area (Å²) in [6.07, 6.45) is 5.12. The molecule has 0 radical (unpaired) electrons. The maximum absolute atomic E-state index is 12.3. The van der Waals surface area contributed by atoms with E-state index < -0.39 is 0 Å². The van der Waals surface area contributed by atoms with E-state index in [0.717, 1.165) is 30.8 Å². The number of aromatic amines is 1. The van der Waals surface area contributed by atoms with Crippen molar-refractivity contribution in [2.75, 3.05) is 23.3 Å².